The molecule has 118 valence electrons. The summed E-state index contributed by atoms with van der Waals surface area (Å²) in [7, 11) is 2.86. The first-order chi connectivity index (χ1) is 10.2. The van der Waals surface area contributed by atoms with Gasteiger partial charge in [-0.25, -0.2) is 4.79 Å². The van der Waals surface area contributed by atoms with Gasteiger partial charge in [0.15, 0.2) is 13.1 Å². The zero-order chi connectivity index (χ0) is 15.7. The van der Waals surface area contributed by atoms with Crippen LogP contribution in [-0.2, 0) is 18.9 Å². The number of carbonyl (C=O) groups excluding carboxylic acids is 1. The van der Waals surface area contributed by atoms with Crippen molar-refractivity contribution in [1.29, 1.82) is 0 Å². The van der Waals surface area contributed by atoms with Crippen molar-refractivity contribution >= 4 is 5.97 Å². The average molecular weight is 298 g/mol. The summed E-state index contributed by atoms with van der Waals surface area (Å²) in [6.45, 7) is 4.87. The van der Waals surface area contributed by atoms with Gasteiger partial charge in [-0.05, 0) is 32.0 Å². The molecule has 0 amide bonds. The van der Waals surface area contributed by atoms with Gasteiger partial charge in [-0.2, -0.15) is 0 Å². The minimum atomic E-state index is -0.575. The van der Waals surface area contributed by atoms with Crippen LogP contribution >= 0.6 is 0 Å². The van der Waals surface area contributed by atoms with Gasteiger partial charge >= 0.3 is 5.97 Å². The molecule has 0 N–H and O–H groups in total. The van der Waals surface area contributed by atoms with Crippen LogP contribution in [0, 0.1) is 0 Å². The largest absolute Gasteiger partial charge is 0.468 e. The van der Waals surface area contributed by atoms with Crippen molar-refractivity contribution in [2.24, 2.45) is 0 Å². The van der Waals surface area contributed by atoms with Crippen molar-refractivity contribution in [2.75, 3.05) is 34.2 Å². The number of ether oxygens (including phenoxy) is 5. The first-order valence-electron chi connectivity index (χ1n) is 6.74. The molecule has 0 aliphatic heterocycles. The van der Waals surface area contributed by atoms with Crippen molar-refractivity contribution < 1.29 is 28.5 Å². The van der Waals surface area contributed by atoms with Crippen LogP contribution in [0.25, 0.3) is 0 Å². The Morgan fingerprint density at radius 1 is 1.14 bits per heavy atom. The average Bonchev–Trinajstić information content (AvgIpc) is 2.51. The Labute approximate surface area is 124 Å². The van der Waals surface area contributed by atoms with Crippen LogP contribution in [0.5, 0.6) is 5.75 Å². The van der Waals surface area contributed by atoms with E-state index >= 15 is 0 Å². The van der Waals surface area contributed by atoms with E-state index in [0.717, 1.165) is 0 Å². The van der Waals surface area contributed by atoms with Crippen LogP contribution < -0.4 is 4.74 Å². The van der Waals surface area contributed by atoms with Gasteiger partial charge < -0.3 is 23.7 Å². The minimum absolute atomic E-state index is 0.104. The van der Waals surface area contributed by atoms with Crippen molar-refractivity contribution in [1.82, 2.24) is 0 Å². The number of methoxy groups -OCH3 is 2. The molecule has 0 saturated heterocycles. The van der Waals surface area contributed by atoms with E-state index in [1.54, 1.807) is 18.2 Å². The van der Waals surface area contributed by atoms with E-state index < -0.39 is 12.3 Å². The summed E-state index contributed by atoms with van der Waals surface area (Å²) in [4.78, 5) is 11.7. The molecule has 0 aliphatic carbocycles. The van der Waals surface area contributed by atoms with Crippen LogP contribution in [0.4, 0.5) is 0 Å². The third-order valence-electron chi connectivity index (χ3n) is 2.67. The highest BCUT2D eigenvalue weighted by Crippen LogP contribution is 2.25. The third kappa shape index (κ3) is 5.34. The summed E-state index contributed by atoms with van der Waals surface area (Å²) in [5.41, 5.74) is 1.04. The minimum Gasteiger partial charge on any atom is -0.468 e. The standard InChI is InChI=1S/C15H22O6/c1-5-19-10-21-13-8-11(14(16)17-3)7-12(9-13)15(18-4)20-6-2/h7-9,15H,5-6,10H2,1-4H3. The first kappa shape index (κ1) is 17.4. The second kappa shape index (κ2) is 9.33. The maximum Gasteiger partial charge on any atom is 0.337 e. The second-order valence-corrected chi connectivity index (χ2v) is 4.06. The summed E-state index contributed by atoms with van der Waals surface area (Å²) in [6, 6.07) is 4.99. The molecule has 0 spiro atoms. The molecule has 21 heavy (non-hydrogen) atoms. The quantitative estimate of drug-likeness (QED) is 0.396. The Bertz CT molecular complexity index is 446. The molecule has 0 saturated carbocycles. The number of rotatable bonds is 9. The molecule has 1 aromatic rings. The normalized spacial score (nSPS) is 12.0. The fraction of sp³-hybridized carbons (Fsp3) is 0.533. The maximum atomic E-state index is 11.7. The van der Waals surface area contributed by atoms with E-state index in [9.17, 15) is 4.79 Å². The molecule has 0 fully saturated rings. The fourth-order valence-electron chi connectivity index (χ4n) is 1.72. The summed E-state index contributed by atoms with van der Waals surface area (Å²) in [6.07, 6.45) is -0.575. The molecular weight excluding hydrogens is 276 g/mol. The Hall–Kier alpha value is -1.63. The van der Waals surface area contributed by atoms with E-state index in [-0.39, 0.29) is 6.79 Å². The Kier molecular flexibility index (Phi) is 7.74. The Morgan fingerprint density at radius 3 is 2.48 bits per heavy atom. The van der Waals surface area contributed by atoms with Gasteiger partial charge in [0, 0.05) is 25.9 Å². The lowest BCUT2D eigenvalue weighted by molar-refractivity contribution is -0.124. The van der Waals surface area contributed by atoms with Crippen LogP contribution in [0.2, 0.25) is 0 Å². The van der Waals surface area contributed by atoms with Gasteiger partial charge in [-0.1, -0.05) is 0 Å². The maximum absolute atomic E-state index is 11.7. The highest BCUT2D eigenvalue weighted by Gasteiger charge is 2.16. The summed E-state index contributed by atoms with van der Waals surface area (Å²) < 4.78 is 26.1. The lowest BCUT2D eigenvalue weighted by atomic mass is 10.1. The molecule has 0 aromatic heterocycles. The SMILES string of the molecule is CCOCOc1cc(C(=O)OC)cc(C(OC)OCC)c1. The number of esters is 1. The molecule has 1 unspecified atom stereocenters. The van der Waals surface area contributed by atoms with Gasteiger partial charge in [0.05, 0.1) is 12.7 Å². The molecule has 1 atom stereocenters. The summed E-state index contributed by atoms with van der Waals surface area (Å²) in [5, 5.41) is 0. The van der Waals surface area contributed by atoms with Crippen LogP contribution in [-0.4, -0.2) is 40.2 Å². The molecule has 0 bridgehead atoms. The van der Waals surface area contributed by atoms with Gasteiger partial charge in [0.1, 0.15) is 5.75 Å². The van der Waals surface area contributed by atoms with E-state index in [4.69, 9.17) is 23.7 Å². The summed E-state index contributed by atoms with van der Waals surface area (Å²) >= 11 is 0. The molecular formula is C15H22O6. The van der Waals surface area contributed by atoms with Gasteiger partial charge in [-0.3, -0.25) is 0 Å². The topological polar surface area (TPSA) is 63.2 Å². The molecule has 0 aliphatic rings. The highest BCUT2D eigenvalue weighted by atomic mass is 16.7. The zero-order valence-corrected chi connectivity index (χ0v) is 12.9. The number of carbonyl (C=O) groups is 1. The Morgan fingerprint density at radius 2 is 1.90 bits per heavy atom. The van der Waals surface area contributed by atoms with Crippen molar-refractivity contribution in [3.8, 4) is 5.75 Å². The van der Waals surface area contributed by atoms with E-state index in [1.165, 1.54) is 14.2 Å². The molecule has 1 aromatic carbocycles. The van der Waals surface area contributed by atoms with E-state index in [0.29, 0.717) is 30.1 Å². The Balaban J connectivity index is 3.04. The zero-order valence-electron chi connectivity index (χ0n) is 12.9. The smallest absolute Gasteiger partial charge is 0.337 e. The highest BCUT2D eigenvalue weighted by molar-refractivity contribution is 5.90. The molecule has 6 nitrogen and oxygen atoms in total. The van der Waals surface area contributed by atoms with Crippen molar-refractivity contribution in [2.45, 2.75) is 20.1 Å². The van der Waals surface area contributed by atoms with E-state index in [1.807, 2.05) is 13.8 Å². The van der Waals surface area contributed by atoms with Crippen LogP contribution in [0.1, 0.15) is 36.1 Å². The number of benzene rings is 1. The molecule has 1 rings (SSSR count). The van der Waals surface area contributed by atoms with Crippen LogP contribution in [0.15, 0.2) is 18.2 Å². The lowest BCUT2D eigenvalue weighted by Crippen LogP contribution is -2.10. The van der Waals surface area contributed by atoms with Crippen molar-refractivity contribution in [3.05, 3.63) is 29.3 Å². The first-order valence-corrected chi connectivity index (χ1v) is 6.74. The third-order valence-corrected chi connectivity index (χ3v) is 2.67. The van der Waals surface area contributed by atoms with Crippen molar-refractivity contribution in [3.63, 3.8) is 0 Å². The molecule has 6 heteroatoms. The van der Waals surface area contributed by atoms with Gasteiger partial charge in [0.25, 0.3) is 0 Å². The van der Waals surface area contributed by atoms with Gasteiger partial charge in [-0.15, -0.1) is 0 Å². The second-order valence-electron chi connectivity index (χ2n) is 4.06. The van der Waals surface area contributed by atoms with Gasteiger partial charge in [0.2, 0.25) is 0 Å². The number of hydrogen-bond donors (Lipinski definition) is 0. The monoisotopic (exact) mass is 298 g/mol. The fourth-order valence-corrected chi connectivity index (χ4v) is 1.72. The summed E-state index contributed by atoms with van der Waals surface area (Å²) in [5.74, 6) is 0.0348. The van der Waals surface area contributed by atoms with E-state index in [2.05, 4.69) is 0 Å². The predicted octanol–water partition coefficient (Wildman–Crippen LogP) is 2.53. The predicted molar refractivity (Wildman–Crippen MR) is 76.3 cm³/mol. The molecule has 0 heterocycles. The number of hydrogen-bond acceptors (Lipinski definition) is 6. The van der Waals surface area contributed by atoms with Crippen LogP contribution in [0.3, 0.4) is 0 Å². The molecule has 0 radical (unpaired) electrons. The lowest BCUT2D eigenvalue weighted by Gasteiger charge is -2.17.